The van der Waals surface area contributed by atoms with Crippen LogP contribution in [-0.2, 0) is 6.42 Å². The van der Waals surface area contributed by atoms with Gasteiger partial charge in [-0.3, -0.25) is 0 Å². The smallest absolute Gasteiger partial charge is 0.148 e. The molecule has 5 nitrogen and oxygen atoms in total. The first kappa shape index (κ1) is 12.1. The van der Waals surface area contributed by atoms with E-state index >= 15 is 0 Å². The quantitative estimate of drug-likeness (QED) is 0.616. The lowest BCUT2D eigenvalue weighted by atomic mass is 10.0. The molecule has 1 aromatic heterocycles. The summed E-state index contributed by atoms with van der Waals surface area (Å²) in [6.07, 6.45) is 4.87. The van der Waals surface area contributed by atoms with Crippen molar-refractivity contribution in [2.45, 2.75) is 45.6 Å². The summed E-state index contributed by atoms with van der Waals surface area (Å²) in [6, 6.07) is 0. The summed E-state index contributed by atoms with van der Waals surface area (Å²) in [4.78, 5) is 11.0. The highest BCUT2D eigenvalue weighted by atomic mass is 15.3. The van der Waals surface area contributed by atoms with E-state index in [2.05, 4.69) is 41.1 Å². The molecule has 3 N–H and O–H groups in total. The number of rotatable bonds is 3. The lowest BCUT2D eigenvalue weighted by Crippen LogP contribution is -2.39. The van der Waals surface area contributed by atoms with Gasteiger partial charge in [0.25, 0.3) is 0 Å². The fraction of sp³-hybridized carbons (Fsp3) is 0.667. The van der Waals surface area contributed by atoms with Crippen molar-refractivity contribution in [2.24, 2.45) is 5.84 Å². The van der Waals surface area contributed by atoms with E-state index in [0.29, 0.717) is 0 Å². The molecule has 94 valence electrons. The Labute approximate surface area is 102 Å². The normalized spacial score (nSPS) is 18.5. The van der Waals surface area contributed by atoms with Crippen LogP contribution >= 0.6 is 0 Å². The number of hydrogen-bond acceptors (Lipinski definition) is 5. The molecular weight excluding hydrogens is 214 g/mol. The van der Waals surface area contributed by atoms with Gasteiger partial charge in [0.15, 0.2) is 0 Å². The number of hydrogen-bond donors (Lipinski definition) is 2. The minimum Gasteiger partial charge on any atom is -0.351 e. The number of anilines is 2. The molecule has 2 rings (SSSR count). The molecule has 0 saturated carbocycles. The van der Waals surface area contributed by atoms with Gasteiger partial charge < -0.3 is 10.3 Å². The summed E-state index contributed by atoms with van der Waals surface area (Å²) >= 11 is 0. The van der Waals surface area contributed by atoms with Gasteiger partial charge in [0.2, 0.25) is 0 Å². The molecule has 2 heterocycles. The van der Waals surface area contributed by atoms with E-state index in [1.54, 1.807) is 6.33 Å². The van der Waals surface area contributed by atoms with Crippen molar-refractivity contribution >= 4 is 11.6 Å². The zero-order valence-corrected chi connectivity index (χ0v) is 10.8. The van der Waals surface area contributed by atoms with Crippen LogP contribution in [0.3, 0.4) is 0 Å². The third-order valence-electron chi connectivity index (χ3n) is 3.57. The molecular formula is C12H21N5. The van der Waals surface area contributed by atoms with Crippen molar-refractivity contribution in [3.05, 3.63) is 11.9 Å². The minimum atomic E-state index is 0.171. The maximum absolute atomic E-state index is 5.50. The highest BCUT2D eigenvalue weighted by molar-refractivity contribution is 5.60. The Bertz CT molecular complexity index is 402. The topological polar surface area (TPSA) is 67.1 Å². The fourth-order valence-electron chi connectivity index (χ4n) is 2.59. The van der Waals surface area contributed by atoms with E-state index in [4.69, 9.17) is 5.84 Å². The lowest BCUT2D eigenvalue weighted by molar-refractivity contribution is 0.513. The average Bonchev–Trinajstić information content (AvgIpc) is 2.67. The van der Waals surface area contributed by atoms with Crippen molar-refractivity contribution in [1.29, 1.82) is 0 Å². The second-order valence-electron chi connectivity index (χ2n) is 5.09. The van der Waals surface area contributed by atoms with Gasteiger partial charge in [-0.25, -0.2) is 15.8 Å². The van der Waals surface area contributed by atoms with E-state index < -0.39 is 0 Å². The first-order chi connectivity index (χ1) is 8.10. The Morgan fingerprint density at radius 1 is 1.47 bits per heavy atom. The van der Waals surface area contributed by atoms with Crippen LogP contribution in [0.1, 0.15) is 39.2 Å². The molecule has 1 aromatic rings. The maximum atomic E-state index is 5.50. The summed E-state index contributed by atoms with van der Waals surface area (Å²) in [7, 11) is 0. The maximum Gasteiger partial charge on any atom is 0.148 e. The molecule has 0 bridgehead atoms. The molecule has 17 heavy (non-hydrogen) atoms. The van der Waals surface area contributed by atoms with Gasteiger partial charge in [0.05, 0.1) is 0 Å². The van der Waals surface area contributed by atoms with Crippen molar-refractivity contribution in [2.75, 3.05) is 16.9 Å². The molecule has 0 atom stereocenters. The minimum absolute atomic E-state index is 0.171. The number of aromatic nitrogens is 2. The molecule has 1 saturated heterocycles. The van der Waals surface area contributed by atoms with Gasteiger partial charge in [-0.2, -0.15) is 0 Å². The molecule has 1 fully saturated rings. The van der Waals surface area contributed by atoms with Crippen LogP contribution in [0.2, 0.25) is 0 Å². The summed E-state index contributed by atoms with van der Waals surface area (Å²) in [6.45, 7) is 7.68. The molecule has 1 aliphatic rings. The van der Waals surface area contributed by atoms with Crippen molar-refractivity contribution in [3.8, 4) is 0 Å². The summed E-state index contributed by atoms with van der Waals surface area (Å²) in [5.74, 6) is 7.26. The number of nitrogens with two attached hydrogens (primary N) is 1. The second kappa shape index (κ2) is 4.49. The van der Waals surface area contributed by atoms with Crippen molar-refractivity contribution in [3.63, 3.8) is 0 Å². The van der Waals surface area contributed by atoms with Crippen LogP contribution in [0, 0.1) is 0 Å². The van der Waals surface area contributed by atoms with Gasteiger partial charge >= 0.3 is 0 Å². The molecule has 0 spiro atoms. The Morgan fingerprint density at radius 2 is 2.24 bits per heavy atom. The monoisotopic (exact) mass is 235 g/mol. The van der Waals surface area contributed by atoms with E-state index in [0.717, 1.165) is 30.2 Å². The summed E-state index contributed by atoms with van der Waals surface area (Å²) in [5, 5.41) is 0. The van der Waals surface area contributed by atoms with Gasteiger partial charge in [-0.05, 0) is 33.1 Å². The Balaban J connectivity index is 2.44. The molecule has 0 unspecified atom stereocenters. The first-order valence-corrected chi connectivity index (χ1v) is 6.18. The highest BCUT2D eigenvalue weighted by Gasteiger charge is 2.34. The van der Waals surface area contributed by atoms with Crippen LogP contribution in [0.25, 0.3) is 0 Å². The number of nitrogen functional groups attached to an aromatic ring is 1. The molecule has 0 amide bonds. The van der Waals surface area contributed by atoms with Gasteiger partial charge in [-0.1, -0.05) is 6.92 Å². The molecule has 5 heteroatoms. The predicted molar refractivity (Wildman–Crippen MR) is 69.9 cm³/mol. The van der Waals surface area contributed by atoms with Gasteiger partial charge in [0, 0.05) is 17.6 Å². The zero-order valence-electron chi connectivity index (χ0n) is 10.8. The standard InChI is InChI=1S/C12H21N5/c1-4-9-10(16-13)14-8-15-11(9)17-7-5-6-12(17,2)3/h8H,4-7,13H2,1-3H3,(H,14,15,16). The zero-order chi connectivity index (χ0) is 12.5. The third kappa shape index (κ3) is 2.07. The van der Waals surface area contributed by atoms with Crippen LogP contribution in [-0.4, -0.2) is 22.1 Å². The van der Waals surface area contributed by atoms with E-state index in [-0.39, 0.29) is 5.54 Å². The largest absolute Gasteiger partial charge is 0.351 e. The Hall–Kier alpha value is -1.36. The second-order valence-corrected chi connectivity index (χ2v) is 5.09. The number of nitrogens with zero attached hydrogens (tertiary/aromatic N) is 3. The van der Waals surface area contributed by atoms with E-state index in [1.165, 1.54) is 12.8 Å². The Morgan fingerprint density at radius 3 is 2.76 bits per heavy atom. The summed E-state index contributed by atoms with van der Waals surface area (Å²) in [5.41, 5.74) is 3.93. The van der Waals surface area contributed by atoms with E-state index in [9.17, 15) is 0 Å². The predicted octanol–water partition coefficient (Wildman–Crippen LogP) is 1.70. The highest BCUT2D eigenvalue weighted by Crippen LogP contribution is 2.35. The SMILES string of the molecule is CCc1c(NN)ncnc1N1CCCC1(C)C. The van der Waals surface area contributed by atoms with Crippen molar-refractivity contribution in [1.82, 2.24) is 9.97 Å². The van der Waals surface area contributed by atoms with E-state index in [1.807, 2.05) is 0 Å². The van der Waals surface area contributed by atoms with Crippen LogP contribution in [0.5, 0.6) is 0 Å². The number of hydrazine groups is 1. The van der Waals surface area contributed by atoms with Crippen LogP contribution in [0.4, 0.5) is 11.6 Å². The van der Waals surface area contributed by atoms with Gasteiger partial charge in [-0.15, -0.1) is 0 Å². The summed E-state index contributed by atoms with van der Waals surface area (Å²) < 4.78 is 0. The molecule has 0 radical (unpaired) electrons. The first-order valence-electron chi connectivity index (χ1n) is 6.18. The lowest BCUT2D eigenvalue weighted by Gasteiger charge is -2.34. The average molecular weight is 235 g/mol. The molecule has 0 aromatic carbocycles. The van der Waals surface area contributed by atoms with Crippen LogP contribution < -0.4 is 16.2 Å². The third-order valence-corrected chi connectivity index (χ3v) is 3.57. The number of nitrogens with one attached hydrogen (secondary N) is 1. The van der Waals surface area contributed by atoms with Gasteiger partial charge in [0.1, 0.15) is 18.0 Å². The Kier molecular flexibility index (Phi) is 3.19. The van der Waals surface area contributed by atoms with Crippen LogP contribution in [0.15, 0.2) is 6.33 Å². The van der Waals surface area contributed by atoms with Crippen molar-refractivity contribution < 1.29 is 0 Å². The fourth-order valence-corrected chi connectivity index (χ4v) is 2.59. The molecule has 1 aliphatic heterocycles. The molecule has 0 aliphatic carbocycles.